The Hall–Kier alpha value is -4.32. The zero-order chi connectivity index (χ0) is 23.0. The monoisotopic (exact) mass is 440 g/mol. The highest BCUT2D eigenvalue weighted by molar-refractivity contribution is 6.02. The minimum absolute atomic E-state index is 0.220. The van der Waals surface area contributed by atoms with E-state index in [-0.39, 0.29) is 23.6 Å². The van der Waals surface area contributed by atoms with Gasteiger partial charge < -0.3 is 19.8 Å². The van der Waals surface area contributed by atoms with Crippen LogP contribution in [0.2, 0.25) is 0 Å². The summed E-state index contributed by atoms with van der Waals surface area (Å²) in [5.74, 6) is 0.433. The topological polar surface area (TPSA) is 80.6 Å². The van der Waals surface area contributed by atoms with E-state index in [0.29, 0.717) is 17.9 Å². The van der Waals surface area contributed by atoms with Crippen molar-refractivity contribution in [2.45, 2.75) is 13.0 Å². The number of rotatable bonds is 8. The molecule has 0 saturated carbocycles. The average Bonchev–Trinajstić information content (AvgIpc) is 3.40. The minimum atomic E-state index is -0.350. The van der Waals surface area contributed by atoms with Gasteiger partial charge in [0, 0.05) is 11.3 Å². The van der Waals surface area contributed by atoms with Gasteiger partial charge in [0.1, 0.15) is 5.75 Å². The van der Waals surface area contributed by atoms with Crippen molar-refractivity contribution in [2.24, 2.45) is 0 Å². The van der Waals surface area contributed by atoms with Crippen molar-refractivity contribution in [2.75, 3.05) is 11.9 Å². The van der Waals surface area contributed by atoms with Crippen molar-refractivity contribution in [1.82, 2.24) is 5.32 Å². The normalized spacial score (nSPS) is 11.4. The first-order valence-corrected chi connectivity index (χ1v) is 10.7. The fraction of sp³-hybridized carbons (Fsp3) is 0.111. The summed E-state index contributed by atoms with van der Waals surface area (Å²) in [5, 5.41) is 5.86. The molecule has 0 aliphatic carbocycles. The molecule has 6 nitrogen and oxygen atoms in total. The van der Waals surface area contributed by atoms with Crippen LogP contribution in [0.15, 0.2) is 102 Å². The van der Waals surface area contributed by atoms with E-state index >= 15 is 0 Å². The molecule has 0 aliphatic heterocycles. The summed E-state index contributed by atoms with van der Waals surface area (Å²) in [7, 11) is 0. The molecule has 1 unspecified atom stereocenters. The number of benzene rings is 3. The van der Waals surface area contributed by atoms with Crippen LogP contribution in [0.1, 0.15) is 45.0 Å². The van der Waals surface area contributed by atoms with Crippen molar-refractivity contribution < 1.29 is 18.7 Å². The number of ether oxygens (including phenoxy) is 1. The van der Waals surface area contributed by atoms with E-state index in [1.54, 1.807) is 36.4 Å². The summed E-state index contributed by atoms with van der Waals surface area (Å²) < 4.78 is 10.6. The van der Waals surface area contributed by atoms with Crippen LogP contribution in [0, 0.1) is 0 Å². The average molecular weight is 440 g/mol. The van der Waals surface area contributed by atoms with Gasteiger partial charge >= 0.3 is 0 Å². The fourth-order valence-corrected chi connectivity index (χ4v) is 3.45. The molecule has 166 valence electrons. The van der Waals surface area contributed by atoms with Gasteiger partial charge in [-0.2, -0.15) is 0 Å². The molecule has 4 rings (SSSR count). The van der Waals surface area contributed by atoms with E-state index in [0.717, 1.165) is 16.9 Å². The maximum atomic E-state index is 13.1. The Morgan fingerprint density at radius 1 is 0.818 bits per heavy atom. The molecule has 0 saturated heterocycles. The van der Waals surface area contributed by atoms with E-state index in [2.05, 4.69) is 10.6 Å². The highest BCUT2D eigenvalue weighted by Crippen LogP contribution is 2.25. The number of carbonyl (C=O) groups is 2. The van der Waals surface area contributed by atoms with Gasteiger partial charge in [-0.25, -0.2) is 0 Å². The number of hydrogen-bond donors (Lipinski definition) is 2. The molecule has 0 spiro atoms. The number of furan rings is 1. The summed E-state index contributed by atoms with van der Waals surface area (Å²) in [6.45, 7) is 2.53. The molecule has 33 heavy (non-hydrogen) atoms. The maximum Gasteiger partial charge on any atom is 0.291 e. The lowest BCUT2D eigenvalue weighted by molar-refractivity contribution is 0.0942. The minimum Gasteiger partial charge on any atom is -0.494 e. The van der Waals surface area contributed by atoms with Crippen molar-refractivity contribution >= 4 is 17.5 Å². The second kappa shape index (κ2) is 10.3. The molecule has 0 fully saturated rings. The lowest BCUT2D eigenvalue weighted by atomic mass is 9.98. The maximum absolute atomic E-state index is 13.1. The zero-order valence-electron chi connectivity index (χ0n) is 18.2. The van der Waals surface area contributed by atoms with Crippen LogP contribution in [-0.4, -0.2) is 18.4 Å². The number of hydrogen-bond acceptors (Lipinski definition) is 4. The van der Waals surface area contributed by atoms with Crippen LogP contribution < -0.4 is 15.4 Å². The van der Waals surface area contributed by atoms with Gasteiger partial charge in [0.2, 0.25) is 0 Å². The third-order valence-corrected chi connectivity index (χ3v) is 5.08. The molecule has 0 bridgehead atoms. The van der Waals surface area contributed by atoms with Crippen LogP contribution in [0.4, 0.5) is 5.69 Å². The first kappa shape index (κ1) is 21.9. The predicted octanol–water partition coefficient (Wildman–Crippen LogP) is 5.45. The van der Waals surface area contributed by atoms with E-state index in [1.807, 2.05) is 61.5 Å². The van der Waals surface area contributed by atoms with Gasteiger partial charge in [0.25, 0.3) is 11.8 Å². The molecule has 1 aromatic heterocycles. The number of nitrogens with one attached hydrogen (secondary N) is 2. The summed E-state index contributed by atoms with van der Waals surface area (Å²) in [4.78, 5) is 25.2. The van der Waals surface area contributed by atoms with Gasteiger partial charge in [-0.3, -0.25) is 9.59 Å². The molecule has 6 heteroatoms. The van der Waals surface area contributed by atoms with Crippen LogP contribution >= 0.6 is 0 Å². The molecule has 2 amide bonds. The van der Waals surface area contributed by atoms with Crippen LogP contribution in [0.3, 0.4) is 0 Å². The Bertz CT molecular complexity index is 1190. The third kappa shape index (κ3) is 5.49. The molecule has 1 atom stereocenters. The lowest BCUT2D eigenvalue weighted by Crippen LogP contribution is -2.29. The smallest absolute Gasteiger partial charge is 0.291 e. The van der Waals surface area contributed by atoms with Gasteiger partial charge in [-0.05, 0) is 66.6 Å². The van der Waals surface area contributed by atoms with Gasteiger partial charge in [-0.1, -0.05) is 42.5 Å². The van der Waals surface area contributed by atoms with Crippen LogP contribution in [0.25, 0.3) is 0 Å². The Balaban J connectivity index is 1.50. The fourth-order valence-electron chi connectivity index (χ4n) is 3.45. The Kier molecular flexibility index (Phi) is 6.85. The number of carbonyl (C=O) groups excluding carboxylic acids is 2. The van der Waals surface area contributed by atoms with E-state index < -0.39 is 0 Å². The van der Waals surface area contributed by atoms with Crippen molar-refractivity contribution in [1.29, 1.82) is 0 Å². The largest absolute Gasteiger partial charge is 0.494 e. The Morgan fingerprint density at radius 3 is 2.15 bits per heavy atom. The molecule has 1 heterocycles. The molecular formula is C27H24N2O4. The molecular weight excluding hydrogens is 416 g/mol. The van der Waals surface area contributed by atoms with Crippen LogP contribution in [-0.2, 0) is 0 Å². The summed E-state index contributed by atoms with van der Waals surface area (Å²) >= 11 is 0. The summed E-state index contributed by atoms with van der Waals surface area (Å²) in [6.07, 6.45) is 1.44. The lowest BCUT2D eigenvalue weighted by Gasteiger charge is -2.20. The van der Waals surface area contributed by atoms with E-state index in [1.165, 1.54) is 6.26 Å². The SMILES string of the molecule is CCOc1ccc(C(NC(=O)c2ccc(NC(=O)c3ccco3)cc2)c2ccccc2)cc1. The van der Waals surface area contributed by atoms with E-state index in [9.17, 15) is 9.59 Å². The highest BCUT2D eigenvalue weighted by atomic mass is 16.5. The first-order chi connectivity index (χ1) is 16.1. The molecule has 0 radical (unpaired) electrons. The van der Waals surface area contributed by atoms with Crippen molar-refractivity contribution in [3.8, 4) is 5.75 Å². The number of anilines is 1. The first-order valence-electron chi connectivity index (χ1n) is 10.7. The molecule has 4 aromatic rings. The number of amides is 2. The standard InChI is InChI=1S/C27H24N2O4/c1-2-32-23-16-12-20(13-17-23)25(19-7-4-3-5-8-19)29-26(30)21-10-14-22(15-11-21)28-27(31)24-9-6-18-33-24/h3-18,25H,2H2,1H3,(H,28,31)(H,29,30). The summed E-state index contributed by atoms with van der Waals surface area (Å²) in [6, 6.07) is 27.1. The second-order valence-corrected chi connectivity index (χ2v) is 7.33. The van der Waals surface area contributed by atoms with Gasteiger partial charge in [0.05, 0.1) is 18.9 Å². The predicted molar refractivity (Wildman–Crippen MR) is 126 cm³/mol. The molecule has 3 aromatic carbocycles. The van der Waals surface area contributed by atoms with E-state index in [4.69, 9.17) is 9.15 Å². The second-order valence-electron chi connectivity index (χ2n) is 7.33. The quantitative estimate of drug-likeness (QED) is 0.382. The Morgan fingerprint density at radius 2 is 1.52 bits per heavy atom. The Labute approximate surface area is 192 Å². The highest BCUT2D eigenvalue weighted by Gasteiger charge is 2.18. The van der Waals surface area contributed by atoms with Crippen molar-refractivity contribution in [3.05, 3.63) is 120 Å². The summed E-state index contributed by atoms with van der Waals surface area (Å²) in [5.41, 5.74) is 2.97. The zero-order valence-corrected chi connectivity index (χ0v) is 18.2. The molecule has 0 aliphatic rings. The third-order valence-electron chi connectivity index (χ3n) is 5.08. The van der Waals surface area contributed by atoms with Gasteiger partial charge in [-0.15, -0.1) is 0 Å². The van der Waals surface area contributed by atoms with Gasteiger partial charge in [0.15, 0.2) is 5.76 Å². The molecule has 2 N–H and O–H groups in total. The van der Waals surface area contributed by atoms with Crippen LogP contribution in [0.5, 0.6) is 5.75 Å². The van der Waals surface area contributed by atoms with Crippen molar-refractivity contribution in [3.63, 3.8) is 0 Å².